The standard InChI is InChI=1S/C9H18N2O3/c1-3-7(6-10)9(14)11(2)5-4-8(12)13/h7H,3-6,10H2,1-2H3,(H,12,13). The van der Waals surface area contributed by atoms with Gasteiger partial charge in [-0.2, -0.15) is 0 Å². The third-order valence-electron chi connectivity index (χ3n) is 2.16. The topological polar surface area (TPSA) is 83.6 Å². The SMILES string of the molecule is CCC(CN)C(=O)N(C)CCC(=O)O. The van der Waals surface area contributed by atoms with E-state index in [1.165, 1.54) is 4.90 Å². The van der Waals surface area contributed by atoms with E-state index < -0.39 is 5.97 Å². The van der Waals surface area contributed by atoms with Crippen LogP contribution in [0.25, 0.3) is 0 Å². The molecule has 0 aliphatic rings. The van der Waals surface area contributed by atoms with Gasteiger partial charge in [0.25, 0.3) is 0 Å². The average Bonchev–Trinajstić information content (AvgIpc) is 2.15. The minimum atomic E-state index is -0.898. The van der Waals surface area contributed by atoms with E-state index in [1.54, 1.807) is 7.05 Å². The van der Waals surface area contributed by atoms with Crippen LogP contribution in [0.3, 0.4) is 0 Å². The fraction of sp³-hybridized carbons (Fsp3) is 0.778. The summed E-state index contributed by atoms with van der Waals surface area (Å²) in [6.07, 6.45) is 0.663. The zero-order chi connectivity index (χ0) is 11.1. The van der Waals surface area contributed by atoms with Crippen molar-refractivity contribution in [3.8, 4) is 0 Å². The maximum absolute atomic E-state index is 11.6. The molecule has 0 spiro atoms. The highest BCUT2D eigenvalue weighted by Gasteiger charge is 2.18. The van der Waals surface area contributed by atoms with E-state index in [0.29, 0.717) is 13.0 Å². The van der Waals surface area contributed by atoms with Crippen molar-refractivity contribution in [1.29, 1.82) is 0 Å². The van der Waals surface area contributed by atoms with E-state index in [0.717, 1.165) is 0 Å². The van der Waals surface area contributed by atoms with Gasteiger partial charge in [-0.1, -0.05) is 6.92 Å². The Labute approximate surface area is 83.9 Å². The normalized spacial score (nSPS) is 12.2. The van der Waals surface area contributed by atoms with Crippen molar-refractivity contribution in [1.82, 2.24) is 4.90 Å². The Morgan fingerprint density at radius 3 is 2.43 bits per heavy atom. The Morgan fingerprint density at radius 1 is 1.50 bits per heavy atom. The second kappa shape index (κ2) is 6.37. The van der Waals surface area contributed by atoms with Crippen LogP contribution in [0, 0.1) is 5.92 Å². The van der Waals surface area contributed by atoms with Crippen molar-refractivity contribution in [3.05, 3.63) is 0 Å². The smallest absolute Gasteiger partial charge is 0.305 e. The number of hydrogen-bond acceptors (Lipinski definition) is 3. The Bertz CT molecular complexity index is 202. The highest BCUT2D eigenvalue weighted by atomic mass is 16.4. The maximum Gasteiger partial charge on any atom is 0.305 e. The summed E-state index contributed by atoms with van der Waals surface area (Å²) in [5.41, 5.74) is 5.41. The molecule has 82 valence electrons. The minimum Gasteiger partial charge on any atom is -0.481 e. The van der Waals surface area contributed by atoms with E-state index in [9.17, 15) is 9.59 Å². The van der Waals surface area contributed by atoms with Crippen LogP contribution in [-0.4, -0.2) is 42.0 Å². The second-order valence-electron chi connectivity index (χ2n) is 3.24. The van der Waals surface area contributed by atoms with E-state index in [1.807, 2.05) is 6.92 Å². The van der Waals surface area contributed by atoms with Gasteiger partial charge in [0.15, 0.2) is 0 Å². The summed E-state index contributed by atoms with van der Waals surface area (Å²) in [5, 5.41) is 8.43. The first-order valence-corrected chi connectivity index (χ1v) is 4.69. The number of amides is 1. The van der Waals surface area contributed by atoms with Gasteiger partial charge in [0.05, 0.1) is 12.3 Å². The van der Waals surface area contributed by atoms with Crippen molar-refractivity contribution in [2.45, 2.75) is 19.8 Å². The summed E-state index contributed by atoms with van der Waals surface area (Å²) in [4.78, 5) is 23.3. The molecule has 0 heterocycles. The second-order valence-corrected chi connectivity index (χ2v) is 3.24. The summed E-state index contributed by atoms with van der Waals surface area (Å²) in [7, 11) is 1.60. The Morgan fingerprint density at radius 2 is 2.07 bits per heavy atom. The molecule has 1 unspecified atom stereocenters. The molecule has 3 N–H and O–H groups in total. The minimum absolute atomic E-state index is 0.0246. The van der Waals surface area contributed by atoms with Crippen LogP contribution in [0.4, 0.5) is 0 Å². The van der Waals surface area contributed by atoms with Gasteiger partial charge in [0, 0.05) is 20.1 Å². The maximum atomic E-state index is 11.6. The molecule has 0 aromatic heterocycles. The molecule has 0 aromatic rings. The van der Waals surface area contributed by atoms with Crippen molar-refractivity contribution in [2.24, 2.45) is 11.7 Å². The predicted octanol–water partition coefficient (Wildman–Crippen LogP) is -0.0956. The lowest BCUT2D eigenvalue weighted by Crippen LogP contribution is -2.37. The largest absolute Gasteiger partial charge is 0.481 e. The lowest BCUT2D eigenvalue weighted by Gasteiger charge is -2.21. The summed E-state index contributed by atoms with van der Waals surface area (Å²) in [5.74, 6) is -1.16. The number of hydrogen-bond donors (Lipinski definition) is 2. The first-order chi connectivity index (χ1) is 6.52. The van der Waals surface area contributed by atoms with E-state index in [-0.39, 0.29) is 24.8 Å². The lowest BCUT2D eigenvalue weighted by atomic mass is 10.1. The number of nitrogens with two attached hydrogens (primary N) is 1. The molecular formula is C9H18N2O3. The molecular weight excluding hydrogens is 184 g/mol. The van der Waals surface area contributed by atoms with Gasteiger partial charge in [0.1, 0.15) is 0 Å². The third kappa shape index (κ3) is 4.23. The molecule has 0 saturated carbocycles. The first kappa shape index (κ1) is 12.9. The Kier molecular flexibility index (Phi) is 5.87. The van der Waals surface area contributed by atoms with Crippen LogP contribution < -0.4 is 5.73 Å². The molecule has 5 nitrogen and oxygen atoms in total. The van der Waals surface area contributed by atoms with E-state index >= 15 is 0 Å². The molecule has 14 heavy (non-hydrogen) atoms. The summed E-state index contributed by atoms with van der Waals surface area (Å²) >= 11 is 0. The van der Waals surface area contributed by atoms with Gasteiger partial charge in [-0.15, -0.1) is 0 Å². The molecule has 0 saturated heterocycles. The van der Waals surface area contributed by atoms with Gasteiger partial charge in [-0.3, -0.25) is 9.59 Å². The van der Waals surface area contributed by atoms with Crippen LogP contribution in [0.1, 0.15) is 19.8 Å². The van der Waals surface area contributed by atoms with Gasteiger partial charge in [0.2, 0.25) is 5.91 Å². The predicted molar refractivity (Wildman–Crippen MR) is 52.7 cm³/mol. The third-order valence-corrected chi connectivity index (χ3v) is 2.16. The number of carbonyl (C=O) groups is 2. The Hall–Kier alpha value is -1.10. The van der Waals surface area contributed by atoms with E-state index in [4.69, 9.17) is 10.8 Å². The fourth-order valence-electron chi connectivity index (χ4n) is 1.13. The van der Waals surface area contributed by atoms with Gasteiger partial charge in [-0.05, 0) is 6.42 Å². The highest BCUT2D eigenvalue weighted by Crippen LogP contribution is 2.05. The summed E-state index contributed by atoms with van der Waals surface area (Å²) in [6.45, 7) is 2.44. The van der Waals surface area contributed by atoms with Crippen LogP contribution in [0.5, 0.6) is 0 Å². The number of carboxylic acids is 1. The van der Waals surface area contributed by atoms with Crippen molar-refractivity contribution in [3.63, 3.8) is 0 Å². The lowest BCUT2D eigenvalue weighted by molar-refractivity contribution is -0.139. The summed E-state index contributed by atoms with van der Waals surface area (Å²) < 4.78 is 0. The molecule has 0 rings (SSSR count). The van der Waals surface area contributed by atoms with Crippen LogP contribution in [0.15, 0.2) is 0 Å². The number of rotatable bonds is 6. The average molecular weight is 202 g/mol. The fourth-order valence-corrected chi connectivity index (χ4v) is 1.13. The molecule has 1 atom stereocenters. The van der Waals surface area contributed by atoms with Gasteiger partial charge < -0.3 is 15.7 Å². The zero-order valence-electron chi connectivity index (χ0n) is 8.69. The molecule has 0 aliphatic heterocycles. The number of carbonyl (C=O) groups excluding carboxylic acids is 1. The molecule has 0 bridgehead atoms. The molecule has 0 radical (unpaired) electrons. The van der Waals surface area contributed by atoms with Crippen LogP contribution >= 0.6 is 0 Å². The van der Waals surface area contributed by atoms with Crippen LogP contribution in [-0.2, 0) is 9.59 Å². The van der Waals surface area contributed by atoms with Crippen molar-refractivity contribution < 1.29 is 14.7 Å². The van der Waals surface area contributed by atoms with Crippen LogP contribution in [0.2, 0.25) is 0 Å². The van der Waals surface area contributed by atoms with Gasteiger partial charge in [-0.25, -0.2) is 0 Å². The summed E-state index contributed by atoms with van der Waals surface area (Å²) in [6, 6.07) is 0. The Balaban J connectivity index is 4.03. The van der Waals surface area contributed by atoms with Crippen molar-refractivity contribution in [2.75, 3.05) is 20.1 Å². The van der Waals surface area contributed by atoms with Gasteiger partial charge >= 0.3 is 5.97 Å². The number of carboxylic acid groups (broad SMARTS) is 1. The quantitative estimate of drug-likeness (QED) is 0.630. The number of nitrogens with zero attached hydrogens (tertiary/aromatic N) is 1. The molecule has 0 fully saturated rings. The van der Waals surface area contributed by atoms with Crippen molar-refractivity contribution >= 4 is 11.9 Å². The molecule has 0 aliphatic carbocycles. The zero-order valence-corrected chi connectivity index (χ0v) is 8.69. The molecule has 0 aromatic carbocycles. The first-order valence-electron chi connectivity index (χ1n) is 4.69. The highest BCUT2D eigenvalue weighted by molar-refractivity contribution is 5.79. The molecule has 1 amide bonds. The molecule has 5 heteroatoms. The van der Waals surface area contributed by atoms with E-state index in [2.05, 4.69) is 0 Å². The monoisotopic (exact) mass is 202 g/mol. The number of aliphatic carboxylic acids is 1.